The Morgan fingerprint density at radius 3 is 2.40 bits per heavy atom. The molecular formula is C23H21N3O4. The van der Waals surface area contributed by atoms with Crippen LogP contribution in [0, 0.1) is 6.92 Å². The van der Waals surface area contributed by atoms with E-state index in [0.29, 0.717) is 28.1 Å². The number of carbonyl (C=O) groups excluding carboxylic acids is 2. The molecule has 3 rings (SSSR count). The van der Waals surface area contributed by atoms with Crippen molar-refractivity contribution in [2.45, 2.75) is 6.92 Å². The zero-order chi connectivity index (χ0) is 21.5. The highest BCUT2D eigenvalue weighted by molar-refractivity contribution is 6.05. The van der Waals surface area contributed by atoms with Gasteiger partial charge in [-0.1, -0.05) is 18.2 Å². The number of aryl methyl sites for hydroxylation is 1. The van der Waals surface area contributed by atoms with Crippen molar-refractivity contribution in [2.75, 3.05) is 12.4 Å². The Morgan fingerprint density at radius 2 is 1.73 bits per heavy atom. The first-order valence-electron chi connectivity index (χ1n) is 9.15. The molecule has 0 radical (unpaired) electrons. The molecule has 0 aromatic heterocycles. The molecule has 152 valence electrons. The molecule has 3 aromatic rings. The summed E-state index contributed by atoms with van der Waals surface area (Å²) in [5.74, 6) is -0.277. The highest BCUT2D eigenvalue weighted by atomic mass is 16.5. The van der Waals surface area contributed by atoms with Gasteiger partial charge in [0.2, 0.25) is 0 Å². The van der Waals surface area contributed by atoms with Crippen LogP contribution in [0.1, 0.15) is 31.8 Å². The minimum absolute atomic E-state index is 0.0175. The number of nitrogens with one attached hydrogen (secondary N) is 2. The van der Waals surface area contributed by atoms with E-state index in [1.807, 2.05) is 25.1 Å². The SMILES string of the molecule is COc1ccc(C=NNC(=O)c2ccc(NC(=O)c3ccccc3C)cc2)cc1O. The maximum absolute atomic E-state index is 12.4. The first kappa shape index (κ1) is 20.6. The zero-order valence-electron chi connectivity index (χ0n) is 16.5. The Hall–Kier alpha value is -4.13. The summed E-state index contributed by atoms with van der Waals surface area (Å²) < 4.78 is 4.97. The average Bonchev–Trinajstić information content (AvgIpc) is 2.74. The van der Waals surface area contributed by atoms with Crippen LogP contribution in [0.3, 0.4) is 0 Å². The van der Waals surface area contributed by atoms with Crippen molar-refractivity contribution in [3.63, 3.8) is 0 Å². The van der Waals surface area contributed by atoms with Crippen molar-refractivity contribution in [3.05, 3.63) is 89.0 Å². The molecule has 0 aliphatic carbocycles. The van der Waals surface area contributed by atoms with E-state index in [1.54, 1.807) is 42.5 Å². The van der Waals surface area contributed by atoms with Crippen LogP contribution >= 0.6 is 0 Å². The zero-order valence-corrected chi connectivity index (χ0v) is 16.5. The molecule has 3 N–H and O–H groups in total. The summed E-state index contributed by atoms with van der Waals surface area (Å²) in [6, 6.07) is 18.6. The van der Waals surface area contributed by atoms with Crippen LogP contribution in [-0.4, -0.2) is 30.2 Å². The fourth-order valence-corrected chi connectivity index (χ4v) is 2.75. The van der Waals surface area contributed by atoms with Crippen LogP contribution in [0.15, 0.2) is 71.8 Å². The number of ether oxygens (including phenoxy) is 1. The molecule has 7 heteroatoms. The number of amides is 2. The van der Waals surface area contributed by atoms with E-state index in [1.165, 1.54) is 19.4 Å². The summed E-state index contributed by atoms with van der Waals surface area (Å²) in [5, 5.41) is 16.4. The number of nitrogens with zero attached hydrogens (tertiary/aromatic N) is 1. The van der Waals surface area contributed by atoms with E-state index < -0.39 is 5.91 Å². The molecule has 0 aliphatic rings. The normalized spacial score (nSPS) is 10.6. The molecule has 0 unspecified atom stereocenters. The van der Waals surface area contributed by atoms with Crippen molar-refractivity contribution in [1.29, 1.82) is 0 Å². The van der Waals surface area contributed by atoms with Gasteiger partial charge < -0.3 is 15.2 Å². The molecule has 0 saturated carbocycles. The molecule has 3 aromatic carbocycles. The van der Waals surface area contributed by atoms with Crippen LogP contribution in [0.4, 0.5) is 5.69 Å². The molecule has 0 bridgehead atoms. The Balaban J connectivity index is 1.59. The fraction of sp³-hybridized carbons (Fsp3) is 0.0870. The number of hydrogen-bond acceptors (Lipinski definition) is 5. The third kappa shape index (κ3) is 5.02. The Kier molecular flexibility index (Phi) is 6.44. The first-order valence-corrected chi connectivity index (χ1v) is 9.15. The highest BCUT2D eigenvalue weighted by Crippen LogP contribution is 2.25. The molecule has 0 atom stereocenters. The van der Waals surface area contributed by atoms with Crippen molar-refractivity contribution in [3.8, 4) is 11.5 Å². The summed E-state index contributed by atoms with van der Waals surface area (Å²) in [7, 11) is 1.46. The molecule has 30 heavy (non-hydrogen) atoms. The van der Waals surface area contributed by atoms with Gasteiger partial charge in [-0.15, -0.1) is 0 Å². The van der Waals surface area contributed by atoms with E-state index in [2.05, 4.69) is 15.8 Å². The second kappa shape index (κ2) is 9.38. The van der Waals surface area contributed by atoms with Gasteiger partial charge in [0, 0.05) is 16.8 Å². The summed E-state index contributed by atoms with van der Waals surface area (Å²) in [6.45, 7) is 1.87. The molecule has 0 spiro atoms. The number of hydrogen-bond donors (Lipinski definition) is 3. The number of aromatic hydroxyl groups is 1. The molecule has 7 nitrogen and oxygen atoms in total. The Bertz CT molecular complexity index is 1090. The van der Waals surface area contributed by atoms with Crippen molar-refractivity contribution in [2.24, 2.45) is 5.10 Å². The number of rotatable bonds is 6. The third-order valence-corrected chi connectivity index (χ3v) is 4.38. The highest BCUT2D eigenvalue weighted by Gasteiger charge is 2.09. The monoisotopic (exact) mass is 403 g/mol. The van der Waals surface area contributed by atoms with Crippen molar-refractivity contribution >= 4 is 23.7 Å². The van der Waals surface area contributed by atoms with Gasteiger partial charge in [0.25, 0.3) is 11.8 Å². The fourth-order valence-electron chi connectivity index (χ4n) is 2.75. The number of hydrazone groups is 1. The van der Waals surface area contributed by atoms with E-state index in [0.717, 1.165) is 5.56 Å². The summed E-state index contributed by atoms with van der Waals surface area (Å²) in [4.78, 5) is 24.6. The summed E-state index contributed by atoms with van der Waals surface area (Å²) in [6.07, 6.45) is 1.41. The van der Waals surface area contributed by atoms with Crippen LogP contribution in [0.5, 0.6) is 11.5 Å². The average molecular weight is 403 g/mol. The topological polar surface area (TPSA) is 100 Å². The Labute approximate surface area is 174 Å². The molecule has 0 saturated heterocycles. The second-order valence-corrected chi connectivity index (χ2v) is 6.48. The minimum Gasteiger partial charge on any atom is -0.504 e. The lowest BCUT2D eigenvalue weighted by Crippen LogP contribution is -2.18. The standard InChI is InChI=1S/C23H21N3O4/c1-15-5-3-4-6-19(15)23(29)25-18-10-8-17(9-11-18)22(28)26-24-14-16-7-12-21(30-2)20(27)13-16/h3-14,27H,1-2H3,(H,25,29)(H,26,28). The lowest BCUT2D eigenvalue weighted by molar-refractivity contribution is 0.0954. The van der Waals surface area contributed by atoms with Crippen LogP contribution in [0.25, 0.3) is 0 Å². The lowest BCUT2D eigenvalue weighted by Gasteiger charge is -2.08. The van der Waals surface area contributed by atoms with Crippen molar-refractivity contribution in [1.82, 2.24) is 5.43 Å². The van der Waals surface area contributed by atoms with Crippen LogP contribution in [0.2, 0.25) is 0 Å². The molecule has 2 amide bonds. The smallest absolute Gasteiger partial charge is 0.271 e. The number of phenols is 1. The summed E-state index contributed by atoms with van der Waals surface area (Å²) >= 11 is 0. The molecule has 0 heterocycles. The minimum atomic E-state index is -0.402. The number of benzene rings is 3. The van der Waals surface area contributed by atoms with Crippen molar-refractivity contribution < 1.29 is 19.4 Å². The summed E-state index contributed by atoms with van der Waals surface area (Å²) in [5.41, 5.74) is 5.47. The quantitative estimate of drug-likeness (QED) is 0.431. The molecular weight excluding hydrogens is 382 g/mol. The van der Waals surface area contributed by atoms with Gasteiger partial charge in [0.05, 0.1) is 13.3 Å². The van der Waals surface area contributed by atoms with Gasteiger partial charge >= 0.3 is 0 Å². The van der Waals surface area contributed by atoms with Gasteiger partial charge in [0.1, 0.15) is 0 Å². The van der Waals surface area contributed by atoms with E-state index in [4.69, 9.17) is 4.74 Å². The van der Waals surface area contributed by atoms with Gasteiger partial charge in [-0.3, -0.25) is 9.59 Å². The predicted molar refractivity (Wildman–Crippen MR) is 115 cm³/mol. The van der Waals surface area contributed by atoms with Gasteiger partial charge in [-0.25, -0.2) is 5.43 Å². The number of carbonyl (C=O) groups is 2. The number of anilines is 1. The van der Waals surface area contributed by atoms with E-state index in [-0.39, 0.29) is 11.7 Å². The Morgan fingerprint density at radius 1 is 1.00 bits per heavy atom. The van der Waals surface area contributed by atoms with Gasteiger partial charge in [-0.2, -0.15) is 5.10 Å². The first-order chi connectivity index (χ1) is 14.5. The second-order valence-electron chi connectivity index (χ2n) is 6.48. The molecule has 0 aliphatic heterocycles. The number of phenolic OH excluding ortho intramolecular Hbond substituents is 1. The van der Waals surface area contributed by atoms with Gasteiger partial charge in [0.15, 0.2) is 11.5 Å². The third-order valence-electron chi connectivity index (χ3n) is 4.38. The predicted octanol–water partition coefficient (Wildman–Crippen LogP) is 3.73. The largest absolute Gasteiger partial charge is 0.504 e. The number of methoxy groups -OCH3 is 1. The van der Waals surface area contributed by atoms with Gasteiger partial charge in [-0.05, 0) is 66.6 Å². The lowest BCUT2D eigenvalue weighted by atomic mass is 10.1. The maximum Gasteiger partial charge on any atom is 0.271 e. The van der Waals surface area contributed by atoms with Crippen LogP contribution in [-0.2, 0) is 0 Å². The maximum atomic E-state index is 12.4. The molecule has 0 fully saturated rings. The van der Waals surface area contributed by atoms with E-state index >= 15 is 0 Å². The van der Waals surface area contributed by atoms with Crippen LogP contribution < -0.4 is 15.5 Å². The van der Waals surface area contributed by atoms with E-state index in [9.17, 15) is 14.7 Å².